The van der Waals surface area contributed by atoms with Crippen LogP contribution in [0.5, 0.6) is 0 Å². The van der Waals surface area contributed by atoms with Gasteiger partial charge in [0.25, 0.3) is 6.43 Å². The second-order valence-corrected chi connectivity index (χ2v) is 5.45. The largest absolute Gasteiger partial charge is 0.314 e. The molecule has 2 nitrogen and oxygen atoms in total. The second-order valence-electron chi connectivity index (χ2n) is 5.45. The van der Waals surface area contributed by atoms with Gasteiger partial charge in [-0.25, -0.2) is 8.78 Å². The topological polar surface area (TPSA) is 15.3 Å². The third-order valence-electron chi connectivity index (χ3n) is 3.71. The summed E-state index contributed by atoms with van der Waals surface area (Å²) < 4.78 is 24.6. The summed E-state index contributed by atoms with van der Waals surface area (Å²) in [5.41, 5.74) is 0. The third-order valence-corrected chi connectivity index (χ3v) is 3.71. The van der Waals surface area contributed by atoms with E-state index in [9.17, 15) is 8.78 Å². The van der Waals surface area contributed by atoms with Crippen molar-refractivity contribution in [1.82, 2.24) is 10.2 Å². The first kappa shape index (κ1) is 14.8. The average molecular weight is 248 g/mol. The summed E-state index contributed by atoms with van der Waals surface area (Å²) in [5, 5.41) is 3.50. The fourth-order valence-corrected chi connectivity index (χ4v) is 2.94. The lowest BCUT2D eigenvalue weighted by Crippen LogP contribution is -2.45. The highest BCUT2D eigenvalue weighted by atomic mass is 19.3. The van der Waals surface area contributed by atoms with Crippen LogP contribution in [0, 0.1) is 11.8 Å². The first-order chi connectivity index (χ1) is 8.02. The number of hydrogen-bond donors (Lipinski definition) is 1. The molecule has 1 aliphatic carbocycles. The molecule has 0 saturated heterocycles. The fourth-order valence-electron chi connectivity index (χ4n) is 2.94. The molecule has 0 radical (unpaired) electrons. The highest BCUT2D eigenvalue weighted by molar-refractivity contribution is 4.85. The molecule has 102 valence electrons. The van der Waals surface area contributed by atoms with Crippen molar-refractivity contribution >= 4 is 0 Å². The van der Waals surface area contributed by atoms with Gasteiger partial charge in [0.15, 0.2) is 0 Å². The average Bonchev–Trinajstić information content (AvgIpc) is 2.21. The minimum Gasteiger partial charge on any atom is -0.314 e. The molecule has 0 heterocycles. The summed E-state index contributed by atoms with van der Waals surface area (Å²) in [7, 11) is 1.80. The lowest BCUT2D eigenvalue weighted by atomic mass is 9.78. The minimum absolute atomic E-state index is 0.107. The maximum Gasteiger partial charge on any atom is 0.251 e. The van der Waals surface area contributed by atoms with Crippen LogP contribution < -0.4 is 5.32 Å². The molecular formula is C13H26F2N2. The lowest BCUT2D eigenvalue weighted by Gasteiger charge is -2.37. The van der Waals surface area contributed by atoms with Gasteiger partial charge in [-0.2, -0.15) is 0 Å². The molecule has 4 heteroatoms. The normalized spacial score (nSPS) is 30.2. The smallest absolute Gasteiger partial charge is 0.251 e. The Kier molecular flexibility index (Phi) is 6.34. The van der Waals surface area contributed by atoms with E-state index >= 15 is 0 Å². The highest BCUT2D eigenvalue weighted by Gasteiger charge is 2.29. The molecule has 1 saturated carbocycles. The summed E-state index contributed by atoms with van der Waals surface area (Å²) in [6.45, 7) is 6.02. The molecule has 1 aliphatic rings. The van der Waals surface area contributed by atoms with Crippen LogP contribution in [0.25, 0.3) is 0 Å². The maximum atomic E-state index is 12.3. The zero-order chi connectivity index (χ0) is 12.8. The van der Waals surface area contributed by atoms with Crippen LogP contribution in [-0.4, -0.2) is 44.0 Å². The Balaban J connectivity index is 2.45. The van der Waals surface area contributed by atoms with Crippen LogP contribution in [0.4, 0.5) is 8.78 Å². The molecule has 0 aromatic heterocycles. The van der Waals surface area contributed by atoms with Crippen molar-refractivity contribution in [3.63, 3.8) is 0 Å². The molecule has 0 aromatic carbocycles. The van der Waals surface area contributed by atoms with Gasteiger partial charge in [0.1, 0.15) is 0 Å². The fraction of sp³-hybridized carbons (Fsp3) is 1.00. The van der Waals surface area contributed by atoms with Gasteiger partial charge in [-0.1, -0.05) is 13.8 Å². The summed E-state index contributed by atoms with van der Waals surface area (Å²) in [6.07, 6.45) is 1.37. The quantitative estimate of drug-likeness (QED) is 0.777. The number of hydrogen-bond acceptors (Lipinski definition) is 2. The number of alkyl halides is 2. The monoisotopic (exact) mass is 248 g/mol. The number of halogens is 2. The Labute approximate surface area is 104 Å². The van der Waals surface area contributed by atoms with Crippen molar-refractivity contribution in [2.24, 2.45) is 11.8 Å². The van der Waals surface area contributed by atoms with Crippen molar-refractivity contribution in [3.05, 3.63) is 0 Å². The zero-order valence-electron chi connectivity index (χ0n) is 11.3. The second kappa shape index (κ2) is 7.27. The van der Waals surface area contributed by atoms with Gasteiger partial charge < -0.3 is 10.2 Å². The molecule has 3 unspecified atom stereocenters. The van der Waals surface area contributed by atoms with E-state index in [1.54, 1.807) is 11.9 Å². The molecule has 0 spiro atoms. The molecule has 0 bridgehead atoms. The van der Waals surface area contributed by atoms with Gasteiger partial charge in [0, 0.05) is 12.6 Å². The predicted octanol–water partition coefficient (Wildman–Crippen LogP) is 2.60. The van der Waals surface area contributed by atoms with Crippen LogP contribution in [0.2, 0.25) is 0 Å². The molecule has 1 N–H and O–H groups in total. The molecule has 17 heavy (non-hydrogen) atoms. The number of nitrogens with one attached hydrogen (secondary N) is 1. The molecule has 1 rings (SSSR count). The highest BCUT2D eigenvalue weighted by Crippen LogP contribution is 2.29. The Hall–Kier alpha value is -0.220. The van der Waals surface area contributed by atoms with Gasteiger partial charge >= 0.3 is 0 Å². The van der Waals surface area contributed by atoms with E-state index in [0.29, 0.717) is 12.0 Å². The predicted molar refractivity (Wildman–Crippen MR) is 67.5 cm³/mol. The van der Waals surface area contributed by atoms with E-state index in [1.165, 1.54) is 12.8 Å². The molecule has 0 aromatic rings. The lowest BCUT2D eigenvalue weighted by molar-refractivity contribution is 0.0798. The van der Waals surface area contributed by atoms with E-state index in [1.807, 2.05) is 0 Å². The summed E-state index contributed by atoms with van der Waals surface area (Å²) in [6, 6.07) is 0.510. The minimum atomic E-state index is -2.22. The molecule has 0 aliphatic heterocycles. The Morgan fingerprint density at radius 2 is 2.06 bits per heavy atom. The van der Waals surface area contributed by atoms with Crippen molar-refractivity contribution in [3.8, 4) is 0 Å². The molecule has 0 amide bonds. The Morgan fingerprint density at radius 1 is 1.35 bits per heavy atom. The van der Waals surface area contributed by atoms with E-state index in [0.717, 1.165) is 25.4 Å². The van der Waals surface area contributed by atoms with Gasteiger partial charge in [-0.05, 0) is 44.7 Å². The van der Waals surface area contributed by atoms with Crippen LogP contribution in [-0.2, 0) is 0 Å². The van der Waals surface area contributed by atoms with Gasteiger partial charge in [0.2, 0.25) is 0 Å². The van der Waals surface area contributed by atoms with E-state index in [-0.39, 0.29) is 6.54 Å². The van der Waals surface area contributed by atoms with Crippen molar-refractivity contribution in [1.29, 1.82) is 0 Å². The first-order valence-corrected chi connectivity index (χ1v) is 6.73. The summed E-state index contributed by atoms with van der Waals surface area (Å²) in [5.74, 6) is 1.25. The van der Waals surface area contributed by atoms with Gasteiger partial charge in [-0.15, -0.1) is 0 Å². The zero-order valence-corrected chi connectivity index (χ0v) is 11.3. The van der Waals surface area contributed by atoms with Crippen molar-refractivity contribution in [2.45, 2.75) is 45.6 Å². The SMILES string of the molecule is CCNC1CCC(C)CC1CN(C)CC(F)F. The van der Waals surface area contributed by atoms with E-state index in [2.05, 4.69) is 19.2 Å². The van der Waals surface area contributed by atoms with Crippen LogP contribution in [0.15, 0.2) is 0 Å². The van der Waals surface area contributed by atoms with Gasteiger partial charge in [-0.3, -0.25) is 0 Å². The van der Waals surface area contributed by atoms with Crippen LogP contribution in [0.1, 0.15) is 33.1 Å². The van der Waals surface area contributed by atoms with Crippen LogP contribution in [0.3, 0.4) is 0 Å². The number of rotatable bonds is 6. The van der Waals surface area contributed by atoms with Gasteiger partial charge in [0.05, 0.1) is 6.54 Å². The molecule has 3 atom stereocenters. The summed E-state index contributed by atoms with van der Waals surface area (Å²) in [4.78, 5) is 1.78. The van der Waals surface area contributed by atoms with E-state index < -0.39 is 6.43 Å². The molecule has 1 fully saturated rings. The number of nitrogens with zero attached hydrogens (tertiary/aromatic N) is 1. The molecular weight excluding hydrogens is 222 g/mol. The third kappa shape index (κ3) is 5.30. The maximum absolute atomic E-state index is 12.3. The van der Waals surface area contributed by atoms with Crippen molar-refractivity contribution in [2.75, 3.05) is 26.7 Å². The standard InChI is InChI=1S/C13H26F2N2/c1-4-16-12-6-5-10(2)7-11(12)8-17(3)9-13(14)15/h10-13,16H,4-9H2,1-3H3. The van der Waals surface area contributed by atoms with Crippen LogP contribution >= 0.6 is 0 Å². The Morgan fingerprint density at radius 3 is 2.65 bits per heavy atom. The Bertz CT molecular complexity index is 212. The van der Waals surface area contributed by atoms with Crippen molar-refractivity contribution < 1.29 is 8.78 Å². The van der Waals surface area contributed by atoms with E-state index in [4.69, 9.17) is 0 Å². The first-order valence-electron chi connectivity index (χ1n) is 6.73. The summed E-state index contributed by atoms with van der Waals surface area (Å²) >= 11 is 0.